The standard InChI is InChI=1S/C20H27N3O3S/c1-20(2)14-23(9-10-27(20,24)25)19(21-3)22-13-15-5-6-17-12-18(26-4)8-7-16(17)11-15/h5-8,11-12H,9-10,13-14H2,1-4H3,(H,21,22). The number of sulfone groups is 1. The monoisotopic (exact) mass is 389 g/mol. The van der Waals surface area contributed by atoms with Gasteiger partial charge in [0.15, 0.2) is 15.8 Å². The average molecular weight is 390 g/mol. The molecule has 0 atom stereocenters. The van der Waals surface area contributed by atoms with Gasteiger partial charge in [0.2, 0.25) is 0 Å². The third-order valence-corrected chi connectivity index (χ3v) is 7.65. The summed E-state index contributed by atoms with van der Waals surface area (Å²) < 4.78 is 28.9. The van der Waals surface area contributed by atoms with Crippen LogP contribution in [0.2, 0.25) is 0 Å². The van der Waals surface area contributed by atoms with Gasteiger partial charge in [-0.2, -0.15) is 0 Å². The quantitative estimate of drug-likeness (QED) is 0.645. The molecule has 0 aromatic heterocycles. The van der Waals surface area contributed by atoms with Crippen molar-refractivity contribution in [3.05, 3.63) is 42.0 Å². The Morgan fingerprint density at radius 1 is 1.22 bits per heavy atom. The summed E-state index contributed by atoms with van der Waals surface area (Å²) >= 11 is 0. The Bertz CT molecular complexity index is 968. The van der Waals surface area contributed by atoms with Crippen LogP contribution in [0.1, 0.15) is 19.4 Å². The molecule has 1 N–H and O–H groups in total. The van der Waals surface area contributed by atoms with Gasteiger partial charge in [-0.15, -0.1) is 0 Å². The number of nitrogens with zero attached hydrogens (tertiary/aromatic N) is 2. The number of fused-ring (bicyclic) bond motifs is 1. The molecule has 1 aliphatic heterocycles. The zero-order valence-corrected chi connectivity index (χ0v) is 17.1. The van der Waals surface area contributed by atoms with Crippen molar-refractivity contribution >= 4 is 26.6 Å². The number of ether oxygens (including phenoxy) is 1. The Labute approximate surface area is 161 Å². The zero-order valence-electron chi connectivity index (χ0n) is 16.3. The largest absolute Gasteiger partial charge is 0.497 e. The summed E-state index contributed by atoms with van der Waals surface area (Å²) in [5, 5.41) is 5.64. The highest BCUT2D eigenvalue weighted by Crippen LogP contribution is 2.24. The molecule has 2 aromatic carbocycles. The second kappa shape index (κ2) is 7.38. The van der Waals surface area contributed by atoms with Gasteiger partial charge in [-0.25, -0.2) is 8.42 Å². The van der Waals surface area contributed by atoms with Crippen LogP contribution in [0.3, 0.4) is 0 Å². The van der Waals surface area contributed by atoms with Crippen molar-refractivity contribution in [3.8, 4) is 5.75 Å². The van der Waals surface area contributed by atoms with Crippen LogP contribution in [0, 0.1) is 0 Å². The van der Waals surface area contributed by atoms with E-state index >= 15 is 0 Å². The summed E-state index contributed by atoms with van der Waals surface area (Å²) in [4.78, 5) is 6.37. The Morgan fingerprint density at radius 2 is 1.93 bits per heavy atom. The molecule has 27 heavy (non-hydrogen) atoms. The summed E-state index contributed by atoms with van der Waals surface area (Å²) in [7, 11) is 0.325. The van der Waals surface area contributed by atoms with E-state index in [0.29, 0.717) is 19.6 Å². The smallest absolute Gasteiger partial charge is 0.193 e. The predicted octanol–water partition coefficient (Wildman–Crippen LogP) is 2.43. The fraction of sp³-hybridized carbons (Fsp3) is 0.450. The van der Waals surface area contributed by atoms with E-state index in [2.05, 4.69) is 28.5 Å². The molecule has 3 rings (SSSR count). The third kappa shape index (κ3) is 4.03. The predicted molar refractivity (Wildman–Crippen MR) is 110 cm³/mol. The van der Waals surface area contributed by atoms with E-state index in [-0.39, 0.29) is 5.75 Å². The van der Waals surface area contributed by atoms with Crippen LogP contribution < -0.4 is 10.1 Å². The fourth-order valence-corrected chi connectivity index (χ4v) is 4.71. The number of nitrogens with one attached hydrogen (secondary N) is 1. The second-order valence-electron chi connectivity index (χ2n) is 7.45. The van der Waals surface area contributed by atoms with Crippen LogP contribution in [-0.2, 0) is 16.4 Å². The van der Waals surface area contributed by atoms with Crippen molar-refractivity contribution in [2.75, 3.05) is 33.0 Å². The van der Waals surface area contributed by atoms with Crippen molar-refractivity contribution in [3.63, 3.8) is 0 Å². The normalized spacial score (nSPS) is 19.1. The van der Waals surface area contributed by atoms with E-state index in [1.807, 2.05) is 23.1 Å². The van der Waals surface area contributed by atoms with E-state index in [9.17, 15) is 8.42 Å². The zero-order chi connectivity index (χ0) is 19.7. The number of benzene rings is 2. The van der Waals surface area contributed by atoms with E-state index < -0.39 is 14.6 Å². The molecule has 0 aliphatic carbocycles. The molecule has 0 bridgehead atoms. The highest BCUT2D eigenvalue weighted by molar-refractivity contribution is 7.92. The minimum Gasteiger partial charge on any atom is -0.497 e. The lowest BCUT2D eigenvalue weighted by molar-refractivity contribution is 0.353. The first kappa shape index (κ1) is 19.5. The molecule has 0 unspecified atom stereocenters. The lowest BCUT2D eigenvalue weighted by Gasteiger charge is -2.39. The third-order valence-electron chi connectivity index (χ3n) is 5.12. The van der Waals surface area contributed by atoms with Crippen molar-refractivity contribution in [2.24, 2.45) is 4.99 Å². The van der Waals surface area contributed by atoms with Crippen molar-refractivity contribution in [2.45, 2.75) is 25.1 Å². The first-order valence-electron chi connectivity index (χ1n) is 9.00. The van der Waals surface area contributed by atoms with Crippen molar-refractivity contribution in [1.82, 2.24) is 10.2 Å². The van der Waals surface area contributed by atoms with Crippen LogP contribution in [0.25, 0.3) is 10.8 Å². The number of hydrogen-bond donors (Lipinski definition) is 1. The molecule has 2 aromatic rings. The molecule has 1 heterocycles. The maximum absolute atomic E-state index is 12.2. The molecular weight excluding hydrogens is 362 g/mol. The maximum atomic E-state index is 12.2. The van der Waals surface area contributed by atoms with Crippen LogP contribution in [0.4, 0.5) is 0 Å². The molecule has 6 nitrogen and oxygen atoms in total. The van der Waals surface area contributed by atoms with Crippen LogP contribution in [-0.4, -0.2) is 57.0 Å². The minimum atomic E-state index is -3.07. The number of aliphatic imine (C=N–C) groups is 1. The number of methoxy groups -OCH3 is 1. The Balaban J connectivity index is 1.70. The fourth-order valence-electron chi connectivity index (χ4n) is 3.35. The van der Waals surface area contributed by atoms with E-state index in [0.717, 1.165) is 28.0 Å². The summed E-state index contributed by atoms with van der Waals surface area (Å²) in [5.41, 5.74) is 1.14. The van der Waals surface area contributed by atoms with Gasteiger partial charge in [0.05, 0.1) is 17.6 Å². The summed E-state index contributed by atoms with van der Waals surface area (Å²) in [6.07, 6.45) is 0. The SMILES string of the molecule is CN=C(NCc1ccc2cc(OC)ccc2c1)N1CCS(=O)(=O)C(C)(C)C1. The van der Waals surface area contributed by atoms with Crippen molar-refractivity contribution in [1.29, 1.82) is 0 Å². The molecule has 1 fully saturated rings. The van der Waals surface area contributed by atoms with E-state index in [1.165, 1.54) is 0 Å². The Morgan fingerprint density at radius 3 is 2.59 bits per heavy atom. The highest BCUT2D eigenvalue weighted by atomic mass is 32.2. The molecule has 1 aliphatic rings. The lowest BCUT2D eigenvalue weighted by Crippen LogP contribution is -2.57. The van der Waals surface area contributed by atoms with Gasteiger partial charge in [-0.05, 0) is 48.4 Å². The van der Waals surface area contributed by atoms with Crippen LogP contribution >= 0.6 is 0 Å². The molecule has 146 valence electrons. The minimum absolute atomic E-state index is 0.151. The van der Waals surface area contributed by atoms with E-state index in [1.54, 1.807) is 28.0 Å². The average Bonchev–Trinajstić information content (AvgIpc) is 2.64. The molecule has 0 saturated carbocycles. The summed E-state index contributed by atoms with van der Waals surface area (Å²) in [5.74, 6) is 1.72. The Kier molecular flexibility index (Phi) is 5.33. The van der Waals surface area contributed by atoms with Gasteiger partial charge < -0.3 is 15.0 Å². The van der Waals surface area contributed by atoms with Gasteiger partial charge >= 0.3 is 0 Å². The van der Waals surface area contributed by atoms with Crippen LogP contribution in [0.15, 0.2) is 41.4 Å². The summed E-state index contributed by atoms with van der Waals surface area (Å²) in [6, 6.07) is 12.3. The van der Waals surface area contributed by atoms with Gasteiger partial charge in [0.25, 0.3) is 0 Å². The van der Waals surface area contributed by atoms with Gasteiger partial charge in [-0.1, -0.05) is 18.2 Å². The first-order chi connectivity index (χ1) is 12.8. The number of hydrogen-bond acceptors (Lipinski definition) is 4. The first-order valence-corrected chi connectivity index (χ1v) is 10.7. The van der Waals surface area contributed by atoms with Gasteiger partial charge in [-0.3, -0.25) is 4.99 Å². The second-order valence-corrected chi connectivity index (χ2v) is 10.2. The Hall–Kier alpha value is -2.28. The molecule has 0 amide bonds. The maximum Gasteiger partial charge on any atom is 0.193 e. The number of rotatable bonds is 3. The van der Waals surface area contributed by atoms with Crippen molar-refractivity contribution < 1.29 is 13.2 Å². The van der Waals surface area contributed by atoms with E-state index in [4.69, 9.17) is 4.74 Å². The number of guanidine groups is 1. The van der Waals surface area contributed by atoms with Crippen LogP contribution in [0.5, 0.6) is 5.75 Å². The summed E-state index contributed by atoms with van der Waals surface area (Å²) in [6.45, 7) is 5.08. The molecule has 7 heteroatoms. The molecule has 0 radical (unpaired) electrons. The van der Waals surface area contributed by atoms with Gasteiger partial charge in [0.1, 0.15) is 5.75 Å². The highest BCUT2D eigenvalue weighted by Gasteiger charge is 2.40. The molecular formula is C20H27N3O3S. The molecule has 0 spiro atoms. The lowest BCUT2D eigenvalue weighted by atomic mass is 10.1. The van der Waals surface area contributed by atoms with Gasteiger partial charge in [0, 0.05) is 26.7 Å². The topological polar surface area (TPSA) is 71.0 Å². The molecule has 1 saturated heterocycles.